The van der Waals surface area contributed by atoms with Crippen molar-refractivity contribution in [2.24, 2.45) is 0 Å². The number of benzene rings is 2. The van der Waals surface area contributed by atoms with Crippen molar-refractivity contribution >= 4 is 59.0 Å². The minimum absolute atomic E-state index is 0.110. The summed E-state index contributed by atoms with van der Waals surface area (Å²) in [6.45, 7) is 3.29. The lowest BCUT2D eigenvalue weighted by Crippen LogP contribution is -2.35. The van der Waals surface area contributed by atoms with Crippen molar-refractivity contribution in [3.63, 3.8) is 0 Å². The van der Waals surface area contributed by atoms with Crippen molar-refractivity contribution in [3.05, 3.63) is 76.5 Å². The normalized spacial score (nSPS) is 14.4. The molecule has 0 bridgehead atoms. The number of aromatic nitrogens is 2. The van der Waals surface area contributed by atoms with Crippen LogP contribution in [0.15, 0.2) is 65.5 Å². The van der Waals surface area contributed by atoms with E-state index in [0.717, 1.165) is 36.1 Å². The lowest BCUT2D eigenvalue weighted by molar-refractivity contribution is 0.0950. The number of amides is 1. The van der Waals surface area contributed by atoms with Gasteiger partial charge in [-0.1, -0.05) is 30.3 Å². The number of sulfonamides is 1. The summed E-state index contributed by atoms with van der Waals surface area (Å²) < 4.78 is 29.2. The monoisotopic (exact) mass is 561 g/mol. The van der Waals surface area contributed by atoms with Crippen LogP contribution >= 0.6 is 11.3 Å². The van der Waals surface area contributed by atoms with Crippen LogP contribution in [0.2, 0.25) is 0 Å². The van der Waals surface area contributed by atoms with Gasteiger partial charge in [0.15, 0.2) is 0 Å². The molecule has 0 aliphatic carbocycles. The molecule has 11 heteroatoms. The van der Waals surface area contributed by atoms with Gasteiger partial charge in [0.1, 0.15) is 16.0 Å². The number of fused-ring (bicyclic) bond motifs is 5. The minimum Gasteiger partial charge on any atom is -0.351 e. The highest BCUT2D eigenvalue weighted by Gasteiger charge is 2.23. The van der Waals surface area contributed by atoms with E-state index in [1.54, 1.807) is 36.4 Å². The van der Waals surface area contributed by atoms with Crippen molar-refractivity contribution in [1.29, 1.82) is 0 Å². The number of carbonyl (C=O) groups is 1. The highest BCUT2D eigenvalue weighted by molar-refractivity contribution is 7.92. The summed E-state index contributed by atoms with van der Waals surface area (Å²) in [4.78, 5) is 34.9. The van der Waals surface area contributed by atoms with Crippen molar-refractivity contribution in [3.8, 4) is 11.3 Å². The molecule has 1 aliphatic heterocycles. The Kier molecular flexibility index (Phi) is 6.57. The molecule has 0 atom stereocenters. The molecular formula is C28H27N5O4S2. The van der Waals surface area contributed by atoms with E-state index in [-0.39, 0.29) is 11.0 Å². The number of para-hydroxylation sites is 2. The average Bonchev–Trinajstić information content (AvgIpc) is 3.56. The zero-order valence-electron chi connectivity index (χ0n) is 21.3. The van der Waals surface area contributed by atoms with Gasteiger partial charge in [0, 0.05) is 18.7 Å². The number of thiazole rings is 1. The van der Waals surface area contributed by atoms with Gasteiger partial charge in [-0.15, -0.1) is 11.3 Å². The maximum Gasteiger partial charge on any atom is 0.258 e. The molecule has 4 heterocycles. The Morgan fingerprint density at radius 3 is 2.56 bits per heavy atom. The summed E-state index contributed by atoms with van der Waals surface area (Å²) in [5.74, 6) is -0.392. The second-order valence-electron chi connectivity index (χ2n) is 9.71. The smallest absolute Gasteiger partial charge is 0.258 e. The summed E-state index contributed by atoms with van der Waals surface area (Å²) in [6, 6.07) is 18.0. The first-order chi connectivity index (χ1) is 18.8. The predicted molar refractivity (Wildman–Crippen MR) is 156 cm³/mol. The van der Waals surface area contributed by atoms with E-state index in [4.69, 9.17) is 4.98 Å². The number of nitrogens with one attached hydrogen (secondary N) is 2. The molecule has 1 saturated heterocycles. The van der Waals surface area contributed by atoms with E-state index < -0.39 is 15.9 Å². The van der Waals surface area contributed by atoms with Crippen LogP contribution in [0.5, 0.6) is 0 Å². The third-order valence-corrected chi connectivity index (χ3v) is 8.66. The van der Waals surface area contributed by atoms with Gasteiger partial charge in [-0.05, 0) is 56.3 Å². The molecule has 0 unspecified atom stereocenters. The molecule has 0 radical (unpaired) electrons. The second kappa shape index (κ2) is 10.1. The van der Waals surface area contributed by atoms with Gasteiger partial charge in [0.2, 0.25) is 15.5 Å². The van der Waals surface area contributed by atoms with Crippen molar-refractivity contribution in [1.82, 2.24) is 19.6 Å². The quantitative estimate of drug-likeness (QED) is 0.311. The lowest BCUT2D eigenvalue weighted by atomic mass is 10.1. The van der Waals surface area contributed by atoms with Gasteiger partial charge in [0.05, 0.1) is 33.2 Å². The number of anilines is 1. The number of rotatable bonds is 7. The summed E-state index contributed by atoms with van der Waals surface area (Å²) in [6.07, 6.45) is 3.44. The van der Waals surface area contributed by atoms with Gasteiger partial charge in [0.25, 0.3) is 5.91 Å². The molecule has 0 spiro atoms. The van der Waals surface area contributed by atoms with Crippen LogP contribution in [0.25, 0.3) is 37.3 Å². The summed E-state index contributed by atoms with van der Waals surface area (Å²) >= 11 is 1.38. The molecule has 1 amide bonds. The van der Waals surface area contributed by atoms with Gasteiger partial charge in [-0.2, -0.15) is 0 Å². The van der Waals surface area contributed by atoms with Crippen LogP contribution < -0.4 is 15.5 Å². The highest BCUT2D eigenvalue weighted by atomic mass is 32.2. The summed E-state index contributed by atoms with van der Waals surface area (Å²) in [5, 5.41) is 3.28. The third-order valence-electron chi connectivity index (χ3n) is 6.93. The number of hydrogen-bond donors (Lipinski definition) is 2. The summed E-state index contributed by atoms with van der Waals surface area (Å²) in [5.41, 5.74) is 2.44. The Morgan fingerprint density at radius 2 is 1.77 bits per heavy atom. The van der Waals surface area contributed by atoms with Crippen LogP contribution in [0, 0.1) is 0 Å². The van der Waals surface area contributed by atoms with Gasteiger partial charge < -0.3 is 10.2 Å². The molecule has 1 fully saturated rings. The van der Waals surface area contributed by atoms with Crippen LogP contribution in [0.3, 0.4) is 0 Å². The highest BCUT2D eigenvalue weighted by Crippen LogP contribution is 2.33. The molecule has 2 aromatic carbocycles. The first-order valence-electron chi connectivity index (χ1n) is 12.7. The van der Waals surface area contributed by atoms with E-state index in [2.05, 4.69) is 14.9 Å². The maximum atomic E-state index is 13.8. The molecule has 6 rings (SSSR count). The second-order valence-corrected chi connectivity index (χ2v) is 12.5. The van der Waals surface area contributed by atoms with E-state index >= 15 is 0 Å². The number of nitrogens with zero attached hydrogens (tertiary/aromatic N) is 3. The fourth-order valence-corrected chi connectivity index (χ4v) is 6.92. The standard InChI is InChI=1S/C28H27N5O4S2/c1-39(36,37)31-21-9-3-2-8-18(21)20-13-12-19-25(34)24(27(35)29-14-17-32-15-6-7-16-32)28-33(26(19)30-20)22-10-4-5-11-23(22)38-28/h2-5,8-13,31H,6-7,14-17H2,1H3,(H,29,35). The van der Waals surface area contributed by atoms with E-state index in [9.17, 15) is 18.0 Å². The van der Waals surface area contributed by atoms with Gasteiger partial charge >= 0.3 is 0 Å². The van der Waals surface area contributed by atoms with Gasteiger partial charge in [-0.25, -0.2) is 13.4 Å². The molecule has 3 aromatic heterocycles. The Labute approximate surface area is 229 Å². The number of likely N-dealkylation sites (tertiary alicyclic amines) is 1. The molecule has 9 nitrogen and oxygen atoms in total. The molecule has 200 valence electrons. The molecular weight excluding hydrogens is 534 g/mol. The van der Waals surface area contributed by atoms with Crippen LogP contribution in [0.1, 0.15) is 23.2 Å². The van der Waals surface area contributed by atoms with E-state index in [1.165, 1.54) is 24.2 Å². The van der Waals surface area contributed by atoms with Crippen LogP contribution in [0.4, 0.5) is 5.69 Å². The Bertz CT molecular complexity index is 1910. The fraction of sp³-hybridized carbons (Fsp3) is 0.250. The lowest BCUT2D eigenvalue weighted by Gasteiger charge is -2.15. The fourth-order valence-electron chi connectivity index (χ4n) is 5.16. The SMILES string of the molecule is CS(=O)(=O)Nc1ccccc1-c1ccc2c(=O)c(C(=O)NCCN3CCCC3)c3sc4ccccc4n3c2n1. The molecule has 39 heavy (non-hydrogen) atoms. The minimum atomic E-state index is -3.52. The third kappa shape index (κ3) is 4.88. The topological polar surface area (TPSA) is 113 Å². The van der Waals surface area contributed by atoms with Crippen molar-refractivity contribution in [2.45, 2.75) is 12.8 Å². The zero-order valence-corrected chi connectivity index (χ0v) is 22.9. The molecule has 5 aromatic rings. The van der Waals surface area contributed by atoms with Crippen molar-refractivity contribution < 1.29 is 13.2 Å². The number of carbonyl (C=O) groups excluding carboxylic acids is 1. The first-order valence-corrected chi connectivity index (χ1v) is 15.5. The molecule has 0 saturated carbocycles. The molecule has 2 N–H and O–H groups in total. The van der Waals surface area contributed by atoms with Crippen LogP contribution in [-0.4, -0.2) is 61.0 Å². The van der Waals surface area contributed by atoms with E-state index in [0.29, 0.717) is 39.4 Å². The Balaban J connectivity index is 1.51. The Hall–Kier alpha value is -3.80. The first kappa shape index (κ1) is 25.5. The average molecular weight is 562 g/mol. The van der Waals surface area contributed by atoms with Crippen molar-refractivity contribution in [2.75, 3.05) is 37.2 Å². The zero-order chi connectivity index (χ0) is 27.1. The largest absolute Gasteiger partial charge is 0.351 e. The number of pyridine rings is 2. The predicted octanol–water partition coefficient (Wildman–Crippen LogP) is 3.93. The maximum absolute atomic E-state index is 13.8. The molecule has 1 aliphatic rings. The van der Waals surface area contributed by atoms with Crippen LogP contribution in [-0.2, 0) is 10.0 Å². The van der Waals surface area contributed by atoms with E-state index in [1.807, 2.05) is 28.7 Å². The summed E-state index contributed by atoms with van der Waals surface area (Å²) in [7, 11) is -3.52. The number of hydrogen-bond acceptors (Lipinski definition) is 7. The van der Waals surface area contributed by atoms with Gasteiger partial charge in [-0.3, -0.25) is 18.7 Å². The Morgan fingerprint density at radius 1 is 1.03 bits per heavy atom.